The second kappa shape index (κ2) is 5.29. The smallest absolute Gasteiger partial charge is 0.418 e. The van der Waals surface area contributed by atoms with Crippen LogP contribution in [0.3, 0.4) is 0 Å². The van der Waals surface area contributed by atoms with Crippen molar-refractivity contribution in [2.75, 3.05) is 0 Å². The molecular weight excluding hydrogens is 232 g/mol. The lowest BCUT2D eigenvalue weighted by atomic mass is 9.77. The summed E-state index contributed by atoms with van der Waals surface area (Å²) in [6, 6.07) is 0. The molecule has 0 heterocycles. The fraction of sp³-hybridized carbons (Fsp3) is 0.857. The molecule has 0 amide bonds. The van der Waals surface area contributed by atoms with Gasteiger partial charge in [-0.3, -0.25) is 4.79 Å². The molecule has 0 saturated heterocycles. The van der Waals surface area contributed by atoms with E-state index in [1.54, 1.807) is 27.7 Å². The van der Waals surface area contributed by atoms with Crippen LogP contribution in [-0.2, 0) is 19.1 Å². The molecule has 1 radical (unpaired) electrons. The molecule has 0 aromatic heterocycles. The predicted octanol–water partition coefficient (Wildman–Crippen LogP) is 2.85. The second-order valence-electron chi connectivity index (χ2n) is 6.73. The lowest BCUT2D eigenvalue weighted by Crippen LogP contribution is -2.49. The third kappa shape index (κ3) is 3.72. The molecule has 4 nitrogen and oxygen atoms in total. The molecule has 4 heteroatoms. The summed E-state index contributed by atoms with van der Waals surface area (Å²) in [6.45, 7) is 16.0. The van der Waals surface area contributed by atoms with Gasteiger partial charge in [0.25, 0.3) is 0 Å². The second-order valence-corrected chi connectivity index (χ2v) is 6.73. The highest BCUT2D eigenvalue weighted by atomic mass is 16.6. The van der Waals surface area contributed by atoms with Gasteiger partial charge < -0.3 is 9.47 Å². The summed E-state index contributed by atoms with van der Waals surface area (Å²) in [5.41, 5.74) is -2.04. The van der Waals surface area contributed by atoms with E-state index in [9.17, 15) is 9.59 Å². The van der Waals surface area contributed by atoms with Crippen LogP contribution in [0.5, 0.6) is 0 Å². The van der Waals surface area contributed by atoms with Gasteiger partial charge >= 0.3 is 12.4 Å². The number of carbonyl (C=O) groups is 1. The molecule has 1 atom stereocenters. The standard InChI is InChI=1S/C14H25O4/c1-10(12(2,3)4)18-11(16)13(5,6)14(7,8)17-9-15/h10H,1-8H3. The third-order valence-electron chi connectivity index (χ3n) is 3.82. The molecular formula is C14H25O4. The number of rotatable bonds is 5. The first-order valence-corrected chi connectivity index (χ1v) is 6.12. The lowest BCUT2D eigenvalue weighted by Gasteiger charge is -2.39. The van der Waals surface area contributed by atoms with E-state index in [-0.39, 0.29) is 17.5 Å². The maximum Gasteiger partial charge on any atom is 0.418 e. The Hall–Kier alpha value is -1.06. The van der Waals surface area contributed by atoms with Crippen molar-refractivity contribution in [1.82, 2.24) is 0 Å². The minimum absolute atomic E-state index is 0.131. The van der Waals surface area contributed by atoms with E-state index in [4.69, 9.17) is 9.47 Å². The average Bonchev–Trinajstić information content (AvgIpc) is 2.15. The number of hydrogen-bond donors (Lipinski definition) is 0. The van der Waals surface area contributed by atoms with Crippen LogP contribution in [0.15, 0.2) is 0 Å². The van der Waals surface area contributed by atoms with Gasteiger partial charge in [0.15, 0.2) is 0 Å². The number of ether oxygens (including phenoxy) is 2. The molecule has 105 valence electrons. The van der Waals surface area contributed by atoms with E-state index in [0.717, 1.165) is 0 Å². The van der Waals surface area contributed by atoms with Crippen molar-refractivity contribution in [1.29, 1.82) is 0 Å². The summed E-state index contributed by atoms with van der Waals surface area (Å²) >= 11 is 0. The van der Waals surface area contributed by atoms with Gasteiger partial charge in [0.2, 0.25) is 0 Å². The average molecular weight is 257 g/mol. The molecule has 1 unspecified atom stereocenters. The van der Waals surface area contributed by atoms with Crippen LogP contribution >= 0.6 is 0 Å². The summed E-state index contributed by atoms with van der Waals surface area (Å²) in [6.07, 6.45) is -0.222. The number of esters is 1. The quantitative estimate of drug-likeness (QED) is 0.711. The third-order valence-corrected chi connectivity index (χ3v) is 3.82. The molecule has 0 aliphatic heterocycles. The highest BCUT2D eigenvalue weighted by Gasteiger charge is 2.47. The Morgan fingerprint density at radius 2 is 1.50 bits per heavy atom. The summed E-state index contributed by atoms with van der Waals surface area (Å²) in [7, 11) is 0. The Morgan fingerprint density at radius 3 is 1.83 bits per heavy atom. The van der Waals surface area contributed by atoms with E-state index in [2.05, 4.69) is 0 Å². The van der Waals surface area contributed by atoms with Gasteiger partial charge in [-0.1, -0.05) is 20.8 Å². The summed E-state index contributed by atoms with van der Waals surface area (Å²) in [4.78, 5) is 22.6. The lowest BCUT2D eigenvalue weighted by molar-refractivity contribution is -0.175. The first kappa shape index (κ1) is 16.9. The van der Waals surface area contributed by atoms with Gasteiger partial charge in [-0.15, -0.1) is 0 Å². The van der Waals surface area contributed by atoms with Crippen molar-refractivity contribution >= 4 is 12.4 Å². The van der Waals surface area contributed by atoms with Crippen LogP contribution in [0.1, 0.15) is 55.4 Å². The normalized spacial score (nSPS) is 14.9. The molecule has 0 aromatic carbocycles. The van der Waals surface area contributed by atoms with Crippen LogP contribution in [0, 0.1) is 10.8 Å². The number of carbonyl (C=O) groups excluding carboxylic acids is 2. The summed E-state index contributed by atoms with van der Waals surface area (Å²) in [5, 5.41) is 0. The van der Waals surface area contributed by atoms with Gasteiger partial charge in [-0.05, 0) is 40.0 Å². The van der Waals surface area contributed by atoms with Crippen LogP contribution in [-0.4, -0.2) is 24.1 Å². The first-order chi connectivity index (χ1) is 7.86. The summed E-state index contributed by atoms with van der Waals surface area (Å²) < 4.78 is 10.3. The van der Waals surface area contributed by atoms with Crippen molar-refractivity contribution in [3.63, 3.8) is 0 Å². The molecule has 0 N–H and O–H groups in total. The molecule has 0 saturated carbocycles. The van der Waals surface area contributed by atoms with Crippen LogP contribution in [0.25, 0.3) is 0 Å². The Kier molecular flexibility index (Phi) is 4.98. The van der Waals surface area contributed by atoms with E-state index in [1.807, 2.05) is 27.7 Å². The van der Waals surface area contributed by atoms with Crippen molar-refractivity contribution in [2.45, 2.75) is 67.1 Å². The van der Waals surface area contributed by atoms with E-state index in [0.29, 0.717) is 0 Å². The molecule has 18 heavy (non-hydrogen) atoms. The largest absolute Gasteiger partial charge is 0.462 e. The minimum atomic E-state index is -0.969. The Balaban J connectivity index is 4.93. The van der Waals surface area contributed by atoms with Gasteiger partial charge in [-0.2, -0.15) is 0 Å². The zero-order chi connectivity index (χ0) is 14.8. The highest BCUT2D eigenvalue weighted by molar-refractivity contribution is 5.78. The maximum atomic E-state index is 12.2. The molecule has 0 aromatic rings. The molecule has 0 rings (SSSR count). The zero-order valence-corrected chi connectivity index (χ0v) is 12.7. The van der Waals surface area contributed by atoms with E-state index in [1.165, 1.54) is 6.47 Å². The monoisotopic (exact) mass is 257 g/mol. The van der Waals surface area contributed by atoms with Crippen LogP contribution in [0.4, 0.5) is 0 Å². The molecule has 0 aliphatic carbocycles. The van der Waals surface area contributed by atoms with Gasteiger partial charge in [-0.25, -0.2) is 4.79 Å². The van der Waals surface area contributed by atoms with E-state index < -0.39 is 11.0 Å². The van der Waals surface area contributed by atoms with Crippen LogP contribution in [0.2, 0.25) is 0 Å². The predicted molar refractivity (Wildman–Crippen MR) is 69.6 cm³/mol. The Morgan fingerprint density at radius 1 is 1.06 bits per heavy atom. The van der Waals surface area contributed by atoms with Crippen molar-refractivity contribution in [3.8, 4) is 0 Å². The van der Waals surface area contributed by atoms with Crippen LogP contribution < -0.4 is 0 Å². The van der Waals surface area contributed by atoms with Crippen molar-refractivity contribution in [2.24, 2.45) is 10.8 Å². The maximum absolute atomic E-state index is 12.2. The molecule has 0 fully saturated rings. The minimum Gasteiger partial charge on any atom is -0.462 e. The van der Waals surface area contributed by atoms with Gasteiger partial charge in [0.1, 0.15) is 17.1 Å². The molecule has 0 spiro atoms. The topological polar surface area (TPSA) is 52.6 Å². The fourth-order valence-electron chi connectivity index (χ4n) is 0.962. The van der Waals surface area contributed by atoms with E-state index >= 15 is 0 Å². The van der Waals surface area contributed by atoms with Gasteiger partial charge in [0.05, 0.1) is 0 Å². The number of hydrogen-bond acceptors (Lipinski definition) is 4. The SMILES string of the molecule is CC(OC(=O)C(C)(C)C(C)(C)O[C]=O)C(C)(C)C. The molecule has 0 aliphatic rings. The highest BCUT2D eigenvalue weighted by Crippen LogP contribution is 2.36. The Labute approximate surface area is 110 Å². The van der Waals surface area contributed by atoms with Gasteiger partial charge in [0, 0.05) is 0 Å². The summed E-state index contributed by atoms with van der Waals surface area (Å²) in [5.74, 6) is -0.384. The first-order valence-electron chi connectivity index (χ1n) is 6.12. The zero-order valence-electron chi connectivity index (χ0n) is 12.7. The van der Waals surface area contributed by atoms with Crippen molar-refractivity contribution < 1.29 is 19.1 Å². The Bertz CT molecular complexity index is 310. The fourth-order valence-corrected chi connectivity index (χ4v) is 0.962. The molecule has 0 bridgehead atoms. The van der Waals surface area contributed by atoms with Crippen molar-refractivity contribution in [3.05, 3.63) is 0 Å².